The molecule has 0 fully saturated rings. The highest BCUT2D eigenvalue weighted by atomic mass is 19.1. The molecule has 0 aliphatic rings. The van der Waals surface area contributed by atoms with Crippen LogP contribution in [0.1, 0.15) is 28.4 Å². The molecule has 0 saturated heterocycles. The second-order valence-electron chi connectivity index (χ2n) is 6.75. The topological polar surface area (TPSA) is 79.2 Å². The predicted molar refractivity (Wildman–Crippen MR) is 116 cm³/mol. The summed E-state index contributed by atoms with van der Waals surface area (Å²) in [6, 6.07) is 21.4. The molecule has 1 N–H and O–H groups in total. The number of benzene rings is 3. The van der Waals surface area contributed by atoms with E-state index in [1.54, 1.807) is 60.7 Å². The number of ether oxygens (including phenoxy) is 1. The Morgan fingerprint density at radius 3 is 2.58 bits per heavy atom. The molecule has 5 nitrogen and oxygen atoms in total. The summed E-state index contributed by atoms with van der Waals surface area (Å²) in [5.41, 5.74) is 2.07. The van der Waals surface area contributed by atoms with Crippen LogP contribution in [0.25, 0.3) is 6.08 Å². The van der Waals surface area contributed by atoms with Gasteiger partial charge in [0.15, 0.2) is 5.78 Å². The van der Waals surface area contributed by atoms with Gasteiger partial charge in [-0.25, -0.2) is 4.39 Å². The van der Waals surface area contributed by atoms with Crippen molar-refractivity contribution in [3.63, 3.8) is 0 Å². The van der Waals surface area contributed by atoms with Crippen LogP contribution in [-0.2, 0) is 11.4 Å². The molecule has 0 spiro atoms. The first-order valence-electron chi connectivity index (χ1n) is 9.46. The van der Waals surface area contributed by atoms with Crippen molar-refractivity contribution in [2.24, 2.45) is 0 Å². The molecule has 3 aromatic rings. The standard InChI is InChI=1S/C25H19FN2O3/c1-17(29)20-7-4-9-23(14-20)28-25(30)21(15-27)11-18-5-3-10-24(13-18)31-16-19-6-2-8-22(26)12-19/h2-14H,16H2,1H3,(H,28,30)/b21-11+. The van der Waals surface area contributed by atoms with Gasteiger partial charge in [-0.05, 0) is 60.5 Å². The van der Waals surface area contributed by atoms with Gasteiger partial charge in [0.05, 0.1) is 0 Å². The molecule has 0 unspecified atom stereocenters. The quantitative estimate of drug-likeness (QED) is 0.329. The van der Waals surface area contributed by atoms with E-state index in [9.17, 15) is 19.2 Å². The van der Waals surface area contributed by atoms with Crippen LogP contribution in [0.3, 0.4) is 0 Å². The van der Waals surface area contributed by atoms with Crippen LogP contribution in [0.4, 0.5) is 10.1 Å². The highest BCUT2D eigenvalue weighted by Gasteiger charge is 2.11. The number of amides is 1. The Morgan fingerprint density at radius 1 is 1.06 bits per heavy atom. The van der Waals surface area contributed by atoms with Gasteiger partial charge in [0.2, 0.25) is 0 Å². The van der Waals surface area contributed by atoms with Crippen LogP contribution in [0.2, 0.25) is 0 Å². The van der Waals surface area contributed by atoms with E-state index < -0.39 is 5.91 Å². The Balaban J connectivity index is 1.72. The van der Waals surface area contributed by atoms with Crippen molar-refractivity contribution in [2.45, 2.75) is 13.5 Å². The first-order valence-corrected chi connectivity index (χ1v) is 9.46. The van der Waals surface area contributed by atoms with E-state index in [1.807, 2.05) is 6.07 Å². The lowest BCUT2D eigenvalue weighted by Crippen LogP contribution is -2.13. The van der Waals surface area contributed by atoms with Crippen LogP contribution >= 0.6 is 0 Å². The summed E-state index contributed by atoms with van der Waals surface area (Å²) in [4.78, 5) is 24.0. The maximum atomic E-state index is 13.3. The summed E-state index contributed by atoms with van der Waals surface area (Å²) >= 11 is 0. The summed E-state index contributed by atoms with van der Waals surface area (Å²) in [6.07, 6.45) is 1.44. The maximum Gasteiger partial charge on any atom is 0.266 e. The highest BCUT2D eigenvalue weighted by Crippen LogP contribution is 2.19. The van der Waals surface area contributed by atoms with Gasteiger partial charge in [0, 0.05) is 11.3 Å². The third-order valence-corrected chi connectivity index (χ3v) is 4.36. The lowest BCUT2D eigenvalue weighted by atomic mass is 10.1. The first kappa shape index (κ1) is 21.5. The number of hydrogen-bond acceptors (Lipinski definition) is 4. The maximum absolute atomic E-state index is 13.3. The van der Waals surface area contributed by atoms with Gasteiger partial charge < -0.3 is 10.1 Å². The normalized spacial score (nSPS) is 10.8. The second kappa shape index (κ2) is 9.99. The number of Topliss-reactive ketones (excluding diaryl/α,β-unsaturated/α-hetero) is 1. The number of nitrogens with zero attached hydrogens (tertiary/aromatic N) is 1. The van der Waals surface area contributed by atoms with Crippen LogP contribution < -0.4 is 10.1 Å². The molecule has 0 aromatic heterocycles. The Hall–Kier alpha value is -4.24. The SMILES string of the molecule is CC(=O)c1cccc(NC(=O)/C(C#N)=C/c2cccc(OCc3cccc(F)c3)c2)c1. The van der Waals surface area contributed by atoms with E-state index in [0.717, 1.165) is 0 Å². The molecular formula is C25H19FN2O3. The highest BCUT2D eigenvalue weighted by molar-refractivity contribution is 6.10. The third kappa shape index (κ3) is 6.12. The molecule has 0 aliphatic heterocycles. The van der Waals surface area contributed by atoms with Gasteiger partial charge in [-0.1, -0.05) is 36.4 Å². The van der Waals surface area contributed by atoms with E-state index in [-0.39, 0.29) is 23.8 Å². The van der Waals surface area contributed by atoms with E-state index in [0.29, 0.717) is 28.1 Å². The molecule has 154 valence electrons. The Labute approximate surface area is 179 Å². The molecule has 3 rings (SSSR count). The molecule has 31 heavy (non-hydrogen) atoms. The zero-order valence-corrected chi connectivity index (χ0v) is 16.8. The van der Waals surface area contributed by atoms with Crippen LogP contribution in [-0.4, -0.2) is 11.7 Å². The fraction of sp³-hybridized carbons (Fsp3) is 0.0800. The monoisotopic (exact) mass is 414 g/mol. The van der Waals surface area contributed by atoms with Crippen molar-refractivity contribution in [1.29, 1.82) is 5.26 Å². The lowest BCUT2D eigenvalue weighted by molar-refractivity contribution is -0.112. The summed E-state index contributed by atoms with van der Waals surface area (Å²) in [6.45, 7) is 1.62. The van der Waals surface area contributed by atoms with Crippen LogP contribution in [0.15, 0.2) is 78.4 Å². The van der Waals surface area contributed by atoms with E-state index in [1.165, 1.54) is 25.1 Å². The van der Waals surface area contributed by atoms with Crippen molar-refractivity contribution in [3.8, 4) is 11.8 Å². The molecular weight excluding hydrogens is 395 g/mol. The van der Waals surface area contributed by atoms with E-state index in [2.05, 4.69) is 5.32 Å². The smallest absolute Gasteiger partial charge is 0.266 e. The van der Waals surface area contributed by atoms with Crippen molar-refractivity contribution in [2.75, 3.05) is 5.32 Å². The van der Waals surface area contributed by atoms with E-state index >= 15 is 0 Å². The first-order chi connectivity index (χ1) is 14.9. The molecule has 3 aromatic carbocycles. The minimum Gasteiger partial charge on any atom is -0.489 e. The Kier molecular flexibility index (Phi) is 6.92. The molecule has 0 radical (unpaired) electrons. The average molecular weight is 414 g/mol. The molecule has 0 bridgehead atoms. The fourth-order valence-corrected chi connectivity index (χ4v) is 2.82. The van der Waals surface area contributed by atoms with Gasteiger partial charge in [-0.15, -0.1) is 0 Å². The zero-order valence-electron chi connectivity index (χ0n) is 16.8. The molecule has 6 heteroatoms. The Bertz CT molecular complexity index is 1200. The predicted octanol–water partition coefficient (Wildman–Crippen LogP) is 5.15. The number of nitriles is 1. The van der Waals surface area contributed by atoms with Crippen molar-refractivity contribution in [3.05, 3.63) is 101 Å². The van der Waals surface area contributed by atoms with Crippen molar-refractivity contribution >= 4 is 23.5 Å². The van der Waals surface area contributed by atoms with Crippen LogP contribution in [0.5, 0.6) is 5.75 Å². The fourth-order valence-electron chi connectivity index (χ4n) is 2.82. The number of rotatable bonds is 7. The number of nitrogens with one attached hydrogen (secondary N) is 1. The van der Waals surface area contributed by atoms with E-state index in [4.69, 9.17) is 4.74 Å². The number of carbonyl (C=O) groups excluding carboxylic acids is 2. The third-order valence-electron chi connectivity index (χ3n) is 4.36. The number of hydrogen-bond donors (Lipinski definition) is 1. The van der Waals surface area contributed by atoms with Crippen molar-refractivity contribution < 1.29 is 18.7 Å². The summed E-state index contributed by atoms with van der Waals surface area (Å²) in [7, 11) is 0. The molecule has 0 atom stereocenters. The summed E-state index contributed by atoms with van der Waals surface area (Å²) in [5, 5.41) is 12.1. The van der Waals surface area contributed by atoms with Gasteiger partial charge in [0.1, 0.15) is 29.8 Å². The summed E-state index contributed by atoms with van der Waals surface area (Å²) in [5.74, 6) is -0.530. The minimum absolute atomic E-state index is 0.101. The average Bonchev–Trinajstić information content (AvgIpc) is 2.76. The molecule has 0 aliphatic carbocycles. The number of carbonyl (C=O) groups is 2. The largest absolute Gasteiger partial charge is 0.489 e. The van der Waals surface area contributed by atoms with Crippen molar-refractivity contribution in [1.82, 2.24) is 0 Å². The number of anilines is 1. The molecule has 0 saturated carbocycles. The second-order valence-corrected chi connectivity index (χ2v) is 6.75. The van der Waals surface area contributed by atoms with Gasteiger partial charge in [0.25, 0.3) is 5.91 Å². The lowest BCUT2D eigenvalue weighted by Gasteiger charge is -2.08. The Morgan fingerprint density at radius 2 is 1.84 bits per heavy atom. The van der Waals surface area contributed by atoms with Gasteiger partial charge in [-0.3, -0.25) is 9.59 Å². The number of ketones is 1. The van der Waals surface area contributed by atoms with Gasteiger partial charge in [-0.2, -0.15) is 5.26 Å². The zero-order chi connectivity index (χ0) is 22.2. The summed E-state index contributed by atoms with van der Waals surface area (Å²) < 4.78 is 19.0. The number of halogens is 1. The van der Waals surface area contributed by atoms with Crippen LogP contribution in [0, 0.1) is 17.1 Å². The minimum atomic E-state index is -0.589. The van der Waals surface area contributed by atoms with Gasteiger partial charge >= 0.3 is 0 Å². The molecule has 1 amide bonds. The molecule has 0 heterocycles.